The molecule has 1 atom stereocenters. The number of anilines is 1. The molecule has 0 spiro atoms. The number of benzene rings is 1. The van der Waals surface area contributed by atoms with Crippen LogP contribution in [-0.4, -0.2) is 50.3 Å². The number of hydrogen-bond acceptors (Lipinski definition) is 5. The normalized spacial score (nSPS) is 17.9. The van der Waals surface area contributed by atoms with Gasteiger partial charge in [-0.3, -0.25) is 4.79 Å². The van der Waals surface area contributed by atoms with E-state index >= 15 is 0 Å². The third-order valence-corrected chi connectivity index (χ3v) is 6.76. The minimum absolute atomic E-state index is 0.221. The first-order valence-corrected chi connectivity index (χ1v) is 10.8. The van der Waals surface area contributed by atoms with Crippen molar-refractivity contribution in [3.8, 4) is 0 Å². The second kappa shape index (κ2) is 8.70. The molecule has 1 amide bonds. The highest BCUT2D eigenvalue weighted by Gasteiger charge is 2.37. The molecule has 1 aliphatic rings. The topological polar surface area (TPSA) is 82.6 Å². The summed E-state index contributed by atoms with van der Waals surface area (Å²) >= 11 is 0. The van der Waals surface area contributed by atoms with Crippen LogP contribution in [0.2, 0.25) is 0 Å². The van der Waals surface area contributed by atoms with Gasteiger partial charge in [-0.25, -0.2) is 13.4 Å². The van der Waals surface area contributed by atoms with Crippen molar-refractivity contribution in [2.75, 3.05) is 25.5 Å². The van der Waals surface area contributed by atoms with Gasteiger partial charge in [-0.05, 0) is 36.6 Å². The van der Waals surface area contributed by atoms with E-state index in [1.807, 2.05) is 31.1 Å². The SMILES string of the molecule is CN(C)c1ccc(CNC(=O)C2CCCCN2S(=O)(=O)c2ccccc2)cn1. The number of amides is 1. The predicted octanol–water partition coefficient (Wildman–Crippen LogP) is 2.01. The Labute approximate surface area is 166 Å². The molecule has 3 rings (SSSR count). The Bertz CT molecular complexity index is 899. The van der Waals surface area contributed by atoms with Crippen LogP contribution in [0.1, 0.15) is 24.8 Å². The summed E-state index contributed by atoms with van der Waals surface area (Å²) in [6.45, 7) is 0.670. The maximum atomic E-state index is 13.0. The summed E-state index contributed by atoms with van der Waals surface area (Å²) in [7, 11) is 0.123. The Morgan fingerprint density at radius 3 is 2.57 bits per heavy atom. The van der Waals surface area contributed by atoms with Crippen LogP contribution in [0.15, 0.2) is 53.6 Å². The van der Waals surface area contributed by atoms with Crippen LogP contribution in [0, 0.1) is 0 Å². The average Bonchev–Trinajstić information content (AvgIpc) is 2.73. The van der Waals surface area contributed by atoms with Crippen LogP contribution in [0.4, 0.5) is 5.82 Å². The molecule has 28 heavy (non-hydrogen) atoms. The maximum absolute atomic E-state index is 13.0. The van der Waals surface area contributed by atoms with Gasteiger partial charge in [-0.2, -0.15) is 4.31 Å². The first-order valence-electron chi connectivity index (χ1n) is 9.36. The molecule has 1 saturated heterocycles. The van der Waals surface area contributed by atoms with Crippen LogP contribution in [0.3, 0.4) is 0 Å². The highest BCUT2D eigenvalue weighted by molar-refractivity contribution is 7.89. The number of aromatic nitrogens is 1. The van der Waals surface area contributed by atoms with Gasteiger partial charge >= 0.3 is 0 Å². The molecule has 1 aromatic heterocycles. The van der Waals surface area contributed by atoms with Gasteiger partial charge in [0.2, 0.25) is 15.9 Å². The number of nitrogens with one attached hydrogen (secondary N) is 1. The minimum atomic E-state index is -3.70. The van der Waals surface area contributed by atoms with Crippen molar-refractivity contribution in [2.24, 2.45) is 0 Å². The summed E-state index contributed by atoms with van der Waals surface area (Å²) in [5, 5.41) is 2.87. The standard InChI is InChI=1S/C20H26N4O3S/c1-23(2)19-12-11-16(14-21-19)15-22-20(25)18-10-6-7-13-24(18)28(26,27)17-8-4-3-5-9-17/h3-5,8-9,11-12,14,18H,6-7,10,13,15H2,1-2H3,(H,22,25). The first kappa shape index (κ1) is 20.3. The predicted molar refractivity (Wildman–Crippen MR) is 108 cm³/mol. The van der Waals surface area contributed by atoms with Crippen LogP contribution in [-0.2, 0) is 21.4 Å². The van der Waals surface area contributed by atoms with Gasteiger partial charge in [-0.15, -0.1) is 0 Å². The molecule has 1 unspecified atom stereocenters. The van der Waals surface area contributed by atoms with Gasteiger partial charge in [0, 0.05) is 33.4 Å². The number of hydrogen-bond donors (Lipinski definition) is 1. The molecule has 0 bridgehead atoms. The van der Waals surface area contributed by atoms with Crippen molar-refractivity contribution in [1.29, 1.82) is 0 Å². The number of sulfonamides is 1. The fraction of sp³-hybridized carbons (Fsp3) is 0.400. The van der Waals surface area contributed by atoms with Crippen molar-refractivity contribution in [3.05, 3.63) is 54.2 Å². The second-order valence-corrected chi connectivity index (χ2v) is 8.97. The van der Waals surface area contributed by atoms with E-state index in [0.29, 0.717) is 19.5 Å². The second-order valence-electron chi connectivity index (χ2n) is 7.08. The molecule has 2 heterocycles. The Kier molecular flexibility index (Phi) is 6.31. The number of carbonyl (C=O) groups is 1. The van der Waals surface area contributed by atoms with E-state index in [-0.39, 0.29) is 10.8 Å². The minimum Gasteiger partial charge on any atom is -0.363 e. The highest BCUT2D eigenvalue weighted by Crippen LogP contribution is 2.25. The lowest BCUT2D eigenvalue weighted by molar-refractivity contribution is -0.125. The summed E-state index contributed by atoms with van der Waals surface area (Å²) in [5.74, 6) is 0.568. The third-order valence-electron chi connectivity index (χ3n) is 4.84. The molecule has 1 aromatic carbocycles. The Morgan fingerprint density at radius 2 is 1.93 bits per heavy atom. The lowest BCUT2D eigenvalue weighted by Gasteiger charge is -2.33. The van der Waals surface area contributed by atoms with Gasteiger partial charge in [-0.1, -0.05) is 30.7 Å². The zero-order chi connectivity index (χ0) is 20.1. The number of rotatable bonds is 6. The van der Waals surface area contributed by atoms with Crippen molar-refractivity contribution < 1.29 is 13.2 Å². The van der Waals surface area contributed by atoms with Gasteiger partial charge in [0.25, 0.3) is 0 Å². The molecule has 2 aromatic rings. The summed E-state index contributed by atoms with van der Waals surface area (Å²) in [4.78, 5) is 19.2. The van der Waals surface area contributed by atoms with Crippen molar-refractivity contribution in [2.45, 2.75) is 36.7 Å². The molecular weight excluding hydrogens is 376 g/mol. The Balaban J connectivity index is 1.70. The molecule has 1 fully saturated rings. The Hall–Kier alpha value is -2.45. The molecule has 1 N–H and O–H groups in total. The highest BCUT2D eigenvalue weighted by atomic mass is 32.2. The first-order chi connectivity index (χ1) is 13.4. The average molecular weight is 403 g/mol. The molecule has 0 radical (unpaired) electrons. The fourth-order valence-electron chi connectivity index (χ4n) is 3.28. The van der Waals surface area contributed by atoms with Gasteiger partial charge in [0.05, 0.1) is 4.90 Å². The number of pyridine rings is 1. The van der Waals surface area contributed by atoms with Crippen molar-refractivity contribution >= 4 is 21.7 Å². The summed E-state index contributed by atoms with van der Waals surface area (Å²) in [6, 6.07) is 11.4. The molecule has 0 aliphatic carbocycles. The van der Waals surface area contributed by atoms with Gasteiger partial charge in [0.1, 0.15) is 11.9 Å². The fourth-order valence-corrected chi connectivity index (χ4v) is 4.95. The molecular formula is C20H26N4O3S. The van der Waals surface area contributed by atoms with Crippen molar-refractivity contribution in [3.63, 3.8) is 0 Å². The van der Waals surface area contributed by atoms with E-state index in [4.69, 9.17) is 0 Å². The number of nitrogens with zero attached hydrogens (tertiary/aromatic N) is 3. The molecule has 8 heteroatoms. The molecule has 1 aliphatic heterocycles. The van der Waals surface area contributed by atoms with Crippen molar-refractivity contribution in [1.82, 2.24) is 14.6 Å². The van der Waals surface area contributed by atoms with E-state index in [2.05, 4.69) is 10.3 Å². The zero-order valence-corrected chi connectivity index (χ0v) is 17.0. The zero-order valence-electron chi connectivity index (χ0n) is 16.2. The van der Waals surface area contributed by atoms with E-state index in [0.717, 1.165) is 24.2 Å². The van der Waals surface area contributed by atoms with Crippen LogP contribution in [0.5, 0.6) is 0 Å². The van der Waals surface area contributed by atoms with E-state index in [9.17, 15) is 13.2 Å². The van der Waals surface area contributed by atoms with Gasteiger partial charge in [0.15, 0.2) is 0 Å². The summed E-state index contributed by atoms with van der Waals surface area (Å²) in [6.07, 6.45) is 3.83. The summed E-state index contributed by atoms with van der Waals surface area (Å²) in [5.41, 5.74) is 0.868. The maximum Gasteiger partial charge on any atom is 0.243 e. The van der Waals surface area contributed by atoms with E-state index in [1.165, 1.54) is 4.31 Å². The summed E-state index contributed by atoms with van der Waals surface area (Å²) < 4.78 is 27.4. The van der Waals surface area contributed by atoms with Crippen LogP contribution < -0.4 is 10.2 Å². The van der Waals surface area contributed by atoms with Crippen LogP contribution in [0.25, 0.3) is 0 Å². The molecule has 150 valence electrons. The quantitative estimate of drug-likeness (QED) is 0.799. The molecule has 0 saturated carbocycles. The van der Waals surface area contributed by atoms with Crippen LogP contribution >= 0.6 is 0 Å². The number of carbonyl (C=O) groups excluding carboxylic acids is 1. The smallest absolute Gasteiger partial charge is 0.243 e. The molecule has 7 nitrogen and oxygen atoms in total. The monoisotopic (exact) mass is 402 g/mol. The van der Waals surface area contributed by atoms with E-state index in [1.54, 1.807) is 36.5 Å². The third kappa shape index (κ3) is 4.51. The van der Waals surface area contributed by atoms with Gasteiger partial charge < -0.3 is 10.2 Å². The van der Waals surface area contributed by atoms with E-state index < -0.39 is 16.1 Å². The lowest BCUT2D eigenvalue weighted by Crippen LogP contribution is -2.51. The lowest BCUT2D eigenvalue weighted by atomic mass is 10.0. The number of piperidine rings is 1. The Morgan fingerprint density at radius 1 is 1.18 bits per heavy atom. The largest absolute Gasteiger partial charge is 0.363 e.